The van der Waals surface area contributed by atoms with Gasteiger partial charge in [0.05, 0.1) is 13.7 Å². The Bertz CT molecular complexity index is 771. The number of ether oxygens (including phenoxy) is 1. The zero-order chi connectivity index (χ0) is 19.9. The van der Waals surface area contributed by atoms with E-state index in [0.717, 1.165) is 25.7 Å². The number of likely N-dealkylation sites (N-methyl/N-ethyl adjacent to an activating group) is 1. The van der Waals surface area contributed by atoms with E-state index in [2.05, 4.69) is 10.6 Å². The summed E-state index contributed by atoms with van der Waals surface area (Å²) in [5.74, 6) is -0.632. The lowest BCUT2D eigenvalue weighted by atomic mass is 10.2. The Morgan fingerprint density at radius 3 is 2.37 bits per heavy atom. The lowest BCUT2D eigenvalue weighted by Crippen LogP contribution is -2.37. The highest BCUT2D eigenvalue weighted by Crippen LogP contribution is 2.29. The van der Waals surface area contributed by atoms with Gasteiger partial charge in [0, 0.05) is 25.2 Å². The highest BCUT2D eigenvalue weighted by molar-refractivity contribution is 7.89. The van der Waals surface area contributed by atoms with Gasteiger partial charge in [-0.15, -0.1) is 0 Å². The van der Waals surface area contributed by atoms with Gasteiger partial charge in [-0.05, 0) is 38.0 Å². The Hall–Kier alpha value is -2.13. The van der Waals surface area contributed by atoms with Gasteiger partial charge in [0.25, 0.3) is 5.91 Å². The summed E-state index contributed by atoms with van der Waals surface area (Å²) in [6.07, 6.45) is 3.64. The number of carbonyl (C=O) groups excluding carboxylic acids is 2. The molecule has 0 saturated carbocycles. The summed E-state index contributed by atoms with van der Waals surface area (Å²) in [5, 5.41) is 5.07. The van der Waals surface area contributed by atoms with Crippen LogP contribution in [0.4, 0.5) is 0 Å². The Balaban J connectivity index is 2.26. The number of nitrogens with one attached hydrogen (secondary N) is 2. The summed E-state index contributed by atoms with van der Waals surface area (Å²) in [6.45, 7) is 2.99. The number of benzene rings is 1. The molecule has 0 aliphatic carbocycles. The number of hydrogen-bond donors (Lipinski definition) is 2. The Labute approximate surface area is 160 Å². The average Bonchev–Trinajstić information content (AvgIpc) is 2.96. The molecule has 1 aliphatic rings. The van der Waals surface area contributed by atoms with Gasteiger partial charge in [-0.3, -0.25) is 9.59 Å². The van der Waals surface area contributed by atoms with Gasteiger partial charge in [-0.2, -0.15) is 4.31 Å². The van der Waals surface area contributed by atoms with Gasteiger partial charge in [0.1, 0.15) is 10.6 Å². The molecule has 8 nitrogen and oxygen atoms in total. The van der Waals surface area contributed by atoms with Crippen LogP contribution in [0.2, 0.25) is 0 Å². The van der Waals surface area contributed by atoms with E-state index in [1.807, 2.05) is 0 Å². The lowest BCUT2D eigenvalue weighted by Gasteiger charge is -2.21. The molecule has 1 heterocycles. The van der Waals surface area contributed by atoms with Crippen molar-refractivity contribution < 1.29 is 22.7 Å². The molecular formula is C18H27N3O5S. The van der Waals surface area contributed by atoms with Crippen molar-refractivity contribution in [3.8, 4) is 5.75 Å². The van der Waals surface area contributed by atoms with E-state index in [0.29, 0.717) is 19.6 Å². The Morgan fingerprint density at radius 1 is 1.11 bits per heavy atom. The van der Waals surface area contributed by atoms with Crippen LogP contribution in [-0.2, 0) is 14.8 Å². The van der Waals surface area contributed by atoms with Crippen LogP contribution in [-0.4, -0.2) is 57.8 Å². The molecule has 1 fully saturated rings. The lowest BCUT2D eigenvalue weighted by molar-refractivity contribution is -0.120. The highest BCUT2D eigenvalue weighted by Gasteiger charge is 2.29. The maximum Gasteiger partial charge on any atom is 0.251 e. The van der Waals surface area contributed by atoms with Crippen LogP contribution in [0.25, 0.3) is 0 Å². The summed E-state index contributed by atoms with van der Waals surface area (Å²) in [6, 6.07) is 4.26. The van der Waals surface area contributed by atoms with Crippen LogP contribution < -0.4 is 15.4 Å². The number of amides is 2. The monoisotopic (exact) mass is 397 g/mol. The second kappa shape index (κ2) is 9.70. The first kappa shape index (κ1) is 21.2. The molecule has 0 unspecified atom stereocenters. The second-order valence-corrected chi connectivity index (χ2v) is 8.23. The molecule has 0 spiro atoms. The molecule has 2 amide bonds. The fraction of sp³-hybridized carbons (Fsp3) is 0.556. The Morgan fingerprint density at radius 2 is 1.78 bits per heavy atom. The van der Waals surface area contributed by atoms with Gasteiger partial charge < -0.3 is 15.4 Å². The standard InChI is InChI=1S/C18H27N3O5S/c1-3-19-17(22)13-20-18(23)14-8-9-15(26-2)16(12-14)27(24,25)21-10-6-4-5-7-11-21/h8-9,12H,3-7,10-11,13H2,1-2H3,(H,19,22)(H,20,23). The zero-order valence-electron chi connectivity index (χ0n) is 15.8. The third-order valence-electron chi connectivity index (χ3n) is 4.39. The first-order valence-electron chi connectivity index (χ1n) is 9.13. The molecule has 9 heteroatoms. The predicted molar refractivity (Wildman–Crippen MR) is 101 cm³/mol. The molecule has 0 aromatic heterocycles. The summed E-state index contributed by atoms with van der Waals surface area (Å²) >= 11 is 0. The first-order chi connectivity index (χ1) is 12.9. The number of sulfonamides is 1. The number of methoxy groups -OCH3 is 1. The van der Waals surface area contributed by atoms with E-state index >= 15 is 0 Å². The van der Waals surface area contributed by atoms with Crippen LogP contribution in [0.5, 0.6) is 5.75 Å². The van der Waals surface area contributed by atoms with Crippen LogP contribution in [0.1, 0.15) is 43.0 Å². The number of hydrogen-bond acceptors (Lipinski definition) is 5. The van der Waals surface area contributed by atoms with Crippen LogP contribution in [0, 0.1) is 0 Å². The quantitative estimate of drug-likeness (QED) is 0.718. The SMILES string of the molecule is CCNC(=O)CNC(=O)c1ccc(OC)c(S(=O)(=O)N2CCCCCC2)c1. The number of carbonyl (C=O) groups is 2. The van der Waals surface area contributed by atoms with Crippen molar-refractivity contribution in [2.24, 2.45) is 0 Å². The largest absolute Gasteiger partial charge is 0.495 e. The van der Waals surface area contributed by atoms with Crippen molar-refractivity contribution in [2.75, 3.05) is 33.3 Å². The fourth-order valence-electron chi connectivity index (χ4n) is 2.96. The molecule has 1 aliphatic heterocycles. The third-order valence-corrected chi connectivity index (χ3v) is 6.31. The molecule has 0 bridgehead atoms. The number of rotatable bonds is 7. The first-order valence-corrected chi connectivity index (χ1v) is 10.6. The summed E-state index contributed by atoms with van der Waals surface area (Å²) in [7, 11) is -2.38. The van der Waals surface area contributed by atoms with Gasteiger partial charge in [0.15, 0.2) is 0 Å². The normalized spacial score (nSPS) is 15.6. The van der Waals surface area contributed by atoms with E-state index in [1.54, 1.807) is 6.92 Å². The number of nitrogens with zero attached hydrogens (tertiary/aromatic N) is 1. The van der Waals surface area contributed by atoms with Crippen molar-refractivity contribution >= 4 is 21.8 Å². The summed E-state index contributed by atoms with van der Waals surface area (Å²) < 4.78 is 32.9. The molecule has 0 atom stereocenters. The smallest absolute Gasteiger partial charge is 0.251 e. The maximum absolute atomic E-state index is 13.1. The van der Waals surface area contributed by atoms with Gasteiger partial charge >= 0.3 is 0 Å². The van der Waals surface area contributed by atoms with E-state index < -0.39 is 15.9 Å². The van der Waals surface area contributed by atoms with Crippen molar-refractivity contribution in [2.45, 2.75) is 37.5 Å². The minimum Gasteiger partial charge on any atom is -0.495 e. The van der Waals surface area contributed by atoms with E-state index in [9.17, 15) is 18.0 Å². The Kier molecular flexibility index (Phi) is 7.61. The maximum atomic E-state index is 13.1. The van der Waals surface area contributed by atoms with Crippen LogP contribution >= 0.6 is 0 Å². The highest BCUT2D eigenvalue weighted by atomic mass is 32.2. The van der Waals surface area contributed by atoms with Crippen molar-refractivity contribution in [1.82, 2.24) is 14.9 Å². The van der Waals surface area contributed by atoms with E-state index in [-0.39, 0.29) is 28.7 Å². The minimum absolute atomic E-state index is 0.0300. The summed E-state index contributed by atoms with van der Waals surface area (Å²) in [5.41, 5.74) is 0.161. The van der Waals surface area contributed by atoms with Crippen LogP contribution in [0.3, 0.4) is 0 Å². The molecule has 1 aromatic rings. The molecule has 27 heavy (non-hydrogen) atoms. The minimum atomic E-state index is -3.77. The topological polar surface area (TPSA) is 105 Å². The molecule has 1 saturated heterocycles. The zero-order valence-corrected chi connectivity index (χ0v) is 16.6. The second-order valence-electron chi connectivity index (χ2n) is 6.32. The average molecular weight is 397 g/mol. The van der Waals surface area contributed by atoms with Crippen molar-refractivity contribution in [3.63, 3.8) is 0 Å². The van der Waals surface area contributed by atoms with Crippen LogP contribution in [0.15, 0.2) is 23.1 Å². The molecule has 2 rings (SSSR count). The summed E-state index contributed by atoms with van der Waals surface area (Å²) in [4.78, 5) is 23.8. The van der Waals surface area contributed by atoms with Gasteiger partial charge in [-0.25, -0.2) is 8.42 Å². The third kappa shape index (κ3) is 5.43. The molecule has 150 valence electrons. The molecular weight excluding hydrogens is 370 g/mol. The predicted octanol–water partition coefficient (Wildman–Crippen LogP) is 1.13. The van der Waals surface area contributed by atoms with E-state index in [1.165, 1.54) is 29.6 Å². The van der Waals surface area contributed by atoms with Crippen molar-refractivity contribution in [3.05, 3.63) is 23.8 Å². The molecule has 2 N–H and O–H groups in total. The van der Waals surface area contributed by atoms with E-state index in [4.69, 9.17) is 4.74 Å². The molecule has 0 radical (unpaired) electrons. The van der Waals surface area contributed by atoms with Gasteiger partial charge in [0.2, 0.25) is 15.9 Å². The van der Waals surface area contributed by atoms with Crippen molar-refractivity contribution in [1.29, 1.82) is 0 Å². The molecule has 1 aromatic carbocycles. The van der Waals surface area contributed by atoms with Gasteiger partial charge in [-0.1, -0.05) is 12.8 Å². The fourth-order valence-corrected chi connectivity index (χ4v) is 4.66.